The Hall–Kier alpha value is -1.30. The quantitative estimate of drug-likeness (QED) is 0.723. The molecule has 1 aromatic rings. The van der Waals surface area contributed by atoms with E-state index in [1.165, 1.54) is 0 Å². The van der Waals surface area contributed by atoms with Crippen LogP contribution < -0.4 is 15.8 Å². The van der Waals surface area contributed by atoms with Gasteiger partial charge in [0.2, 0.25) is 5.91 Å². The summed E-state index contributed by atoms with van der Waals surface area (Å²) >= 11 is 0. The molecule has 1 rings (SSSR count). The number of amides is 1. The maximum absolute atomic E-state index is 12.1. The summed E-state index contributed by atoms with van der Waals surface area (Å²) < 4.78 is 10.4. The van der Waals surface area contributed by atoms with E-state index in [-0.39, 0.29) is 18.3 Å². The van der Waals surface area contributed by atoms with Crippen LogP contribution in [0.5, 0.6) is 5.75 Å². The Balaban J connectivity index is 0.00000400. The molecule has 0 saturated heterocycles. The van der Waals surface area contributed by atoms with Gasteiger partial charge in [0.1, 0.15) is 12.4 Å². The van der Waals surface area contributed by atoms with Gasteiger partial charge in [-0.2, -0.15) is 0 Å². The lowest BCUT2D eigenvalue weighted by atomic mass is 9.96. The monoisotopic (exact) mass is 316 g/mol. The van der Waals surface area contributed by atoms with E-state index in [9.17, 15) is 4.79 Å². The van der Waals surface area contributed by atoms with Gasteiger partial charge in [-0.15, -0.1) is 12.4 Å². The normalized spacial score (nSPS) is 13.0. The van der Waals surface area contributed by atoms with E-state index >= 15 is 0 Å². The minimum absolute atomic E-state index is 0. The van der Waals surface area contributed by atoms with Gasteiger partial charge in [0.05, 0.1) is 12.1 Å². The first-order valence-electron chi connectivity index (χ1n) is 6.81. The fourth-order valence-electron chi connectivity index (χ4n) is 1.81. The van der Waals surface area contributed by atoms with Gasteiger partial charge in [-0.25, -0.2) is 0 Å². The zero-order valence-corrected chi connectivity index (χ0v) is 13.7. The fraction of sp³-hybridized carbons (Fsp3) is 0.533. The van der Waals surface area contributed by atoms with Crippen LogP contribution in [-0.2, 0) is 9.53 Å². The van der Waals surface area contributed by atoms with Crippen molar-refractivity contribution in [1.82, 2.24) is 0 Å². The Morgan fingerprint density at radius 2 is 2.10 bits per heavy atom. The van der Waals surface area contributed by atoms with Crippen LogP contribution in [-0.4, -0.2) is 31.8 Å². The Morgan fingerprint density at radius 1 is 1.38 bits per heavy atom. The minimum atomic E-state index is -0.859. The highest BCUT2D eigenvalue weighted by molar-refractivity contribution is 5.97. The minimum Gasteiger partial charge on any atom is -0.491 e. The third-order valence-corrected chi connectivity index (χ3v) is 2.94. The van der Waals surface area contributed by atoms with Gasteiger partial charge in [-0.1, -0.05) is 19.4 Å². The van der Waals surface area contributed by atoms with Gasteiger partial charge >= 0.3 is 0 Å². The van der Waals surface area contributed by atoms with E-state index < -0.39 is 5.54 Å². The number of hydrogen-bond donors (Lipinski definition) is 2. The number of halogens is 1. The summed E-state index contributed by atoms with van der Waals surface area (Å²) in [5, 5.41) is 2.82. The predicted molar refractivity (Wildman–Crippen MR) is 87.2 cm³/mol. The molecule has 3 N–H and O–H groups in total. The van der Waals surface area contributed by atoms with Gasteiger partial charge in [0, 0.05) is 18.9 Å². The van der Waals surface area contributed by atoms with Crippen molar-refractivity contribution >= 4 is 24.0 Å². The number of nitrogens with one attached hydrogen (secondary N) is 1. The van der Waals surface area contributed by atoms with E-state index in [1.54, 1.807) is 20.1 Å². The third kappa shape index (κ3) is 6.80. The number of carbonyl (C=O) groups is 1. The average Bonchev–Trinajstić information content (AvgIpc) is 2.39. The molecule has 0 radical (unpaired) electrons. The highest BCUT2D eigenvalue weighted by Gasteiger charge is 2.27. The Labute approximate surface area is 132 Å². The van der Waals surface area contributed by atoms with Crippen LogP contribution in [0.25, 0.3) is 0 Å². The molecule has 1 aromatic carbocycles. The van der Waals surface area contributed by atoms with Gasteiger partial charge in [-0.05, 0) is 25.5 Å². The van der Waals surface area contributed by atoms with Gasteiger partial charge in [0.15, 0.2) is 0 Å². The van der Waals surface area contributed by atoms with Crippen LogP contribution >= 0.6 is 12.4 Å². The molecule has 0 saturated carbocycles. The average molecular weight is 317 g/mol. The molecule has 1 unspecified atom stereocenters. The summed E-state index contributed by atoms with van der Waals surface area (Å²) in [5.74, 6) is 0.502. The fourth-order valence-corrected chi connectivity index (χ4v) is 1.81. The zero-order valence-electron chi connectivity index (χ0n) is 12.8. The van der Waals surface area contributed by atoms with Crippen LogP contribution in [0.15, 0.2) is 24.3 Å². The molecule has 0 heterocycles. The molecule has 120 valence electrons. The van der Waals surface area contributed by atoms with Crippen molar-refractivity contribution < 1.29 is 14.3 Å². The molecule has 0 aromatic heterocycles. The lowest BCUT2D eigenvalue weighted by molar-refractivity contribution is -0.120. The molecule has 0 spiro atoms. The summed E-state index contributed by atoms with van der Waals surface area (Å²) in [6.45, 7) is 4.74. The highest BCUT2D eigenvalue weighted by Crippen LogP contribution is 2.19. The molecule has 0 aliphatic carbocycles. The maximum Gasteiger partial charge on any atom is 0.244 e. The van der Waals surface area contributed by atoms with Crippen LogP contribution in [0, 0.1) is 0 Å². The number of nitrogens with two attached hydrogens (primary N) is 1. The number of rotatable bonds is 8. The van der Waals surface area contributed by atoms with Crippen LogP contribution in [0.3, 0.4) is 0 Å². The molecule has 0 aliphatic heterocycles. The molecule has 1 atom stereocenters. The topological polar surface area (TPSA) is 73.6 Å². The largest absolute Gasteiger partial charge is 0.491 e. The maximum atomic E-state index is 12.1. The number of methoxy groups -OCH3 is 1. The zero-order chi connectivity index (χ0) is 15.0. The number of anilines is 1. The Bertz CT molecular complexity index is 439. The molecule has 0 aliphatic rings. The highest BCUT2D eigenvalue weighted by atomic mass is 35.5. The summed E-state index contributed by atoms with van der Waals surface area (Å²) in [5.41, 5.74) is 5.81. The van der Waals surface area contributed by atoms with Gasteiger partial charge in [-0.3, -0.25) is 4.79 Å². The SMILES string of the molecule is CCCC(C)(N)C(=O)Nc1cccc(OCCOC)c1.Cl. The van der Waals surface area contributed by atoms with Crippen LogP contribution in [0.2, 0.25) is 0 Å². The molecule has 1 amide bonds. The van der Waals surface area contributed by atoms with Crippen LogP contribution in [0.1, 0.15) is 26.7 Å². The first-order chi connectivity index (χ1) is 9.49. The molecule has 5 nitrogen and oxygen atoms in total. The van der Waals surface area contributed by atoms with Crippen molar-refractivity contribution in [3.05, 3.63) is 24.3 Å². The van der Waals surface area contributed by atoms with E-state index in [0.29, 0.717) is 31.1 Å². The molecular formula is C15H25ClN2O3. The molecule has 0 fully saturated rings. The van der Waals surface area contributed by atoms with Gasteiger partial charge < -0.3 is 20.5 Å². The van der Waals surface area contributed by atoms with Crippen LogP contribution in [0.4, 0.5) is 5.69 Å². The third-order valence-electron chi connectivity index (χ3n) is 2.94. The molecule has 6 heteroatoms. The first-order valence-corrected chi connectivity index (χ1v) is 6.81. The van der Waals surface area contributed by atoms with Crippen molar-refractivity contribution in [3.8, 4) is 5.75 Å². The van der Waals surface area contributed by atoms with Crippen molar-refractivity contribution in [2.75, 3.05) is 25.6 Å². The standard InChI is InChI=1S/C15H24N2O3.ClH/c1-4-8-15(2,16)14(18)17-12-6-5-7-13(11-12)20-10-9-19-3;/h5-7,11H,4,8-10,16H2,1-3H3,(H,17,18);1H. The summed E-state index contributed by atoms with van der Waals surface area (Å²) in [4.78, 5) is 12.1. The number of carbonyl (C=O) groups excluding carboxylic acids is 1. The summed E-state index contributed by atoms with van der Waals surface area (Å²) in [7, 11) is 1.62. The summed E-state index contributed by atoms with van der Waals surface area (Å²) in [6, 6.07) is 7.24. The second-order valence-corrected chi connectivity index (χ2v) is 4.99. The lowest BCUT2D eigenvalue weighted by Crippen LogP contribution is -2.48. The van der Waals surface area contributed by atoms with E-state index in [1.807, 2.05) is 25.1 Å². The molecule has 0 bridgehead atoms. The number of benzene rings is 1. The number of ether oxygens (including phenoxy) is 2. The second kappa shape index (κ2) is 9.60. The van der Waals surface area contributed by atoms with E-state index in [0.717, 1.165) is 6.42 Å². The summed E-state index contributed by atoms with van der Waals surface area (Å²) in [6.07, 6.45) is 1.50. The Kier molecular flexibility index (Phi) is 9.01. The van der Waals surface area contributed by atoms with Crippen molar-refractivity contribution in [2.45, 2.75) is 32.2 Å². The molecular weight excluding hydrogens is 292 g/mol. The smallest absolute Gasteiger partial charge is 0.244 e. The second-order valence-electron chi connectivity index (χ2n) is 4.99. The predicted octanol–water partition coefficient (Wildman–Crippen LogP) is 2.59. The van der Waals surface area contributed by atoms with E-state index in [4.69, 9.17) is 15.2 Å². The lowest BCUT2D eigenvalue weighted by Gasteiger charge is -2.23. The van der Waals surface area contributed by atoms with Crippen molar-refractivity contribution in [3.63, 3.8) is 0 Å². The number of hydrogen-bond acceptors (Lipinski definition) is 4. The first kappa shape index (κ1) is 19.7. The van der Waals surface area contributed by atoms with Gasteiger partial charge in [0.25, 0.3) is 0 Å². The molecule has 21 heavy (non-hydrogen) atoms. The van der Waals surface area contributed by atoms with Crippen molar-refractivity contribution in [2.24, 2.45) is 5.73 Å². The van der Waals surface area contributed by atoms with Crippen molar-refractivity contribution in [1.29, 1.82) is 0 Å². The van der Waals surface area contributed by atoms with E-state index in [2.05, 4.69) is 5.32 Å². The Morgan fingerprint density at radius 3 is 2.71 bits per heavy atom.